The zero-order chi connectivity index (χ0) is 12.2. The molecule has 0 rings (SSSR count). The highest BCUT2D eigenvalue weighted by molar-refractivity contribution is 5.14. The Labute approximate surface area is 92.6 Å². The third-order valence-corrected chi connectivity index (χ3v) is 2.05. The van der Waals surface area contributed by atoms with Gasteiger partial charge >= 0.3 is 0 Å². The van der Waals surface area contributed by atoms with E-state index in [0.29, 0.717) is 12.5 Å². The predicted molar refractivity (Wildman–Crippen MR) is 65.2 cm³/mol. The van der Waals surface area contributed by atoms with Gasteiger partial charge in [-0.25, -0.2) is 0 Å². The average Bonchev–Trinajstić information content (AvgIpc) is 2.28. The molecule has 0 aliphatic rings. The molecule has 0 aromatic carbocycles. The van der Waals surface area contributed by atoms with Gasteiger partial charge in [0, 0.05) is 6.42 Å². The molecule has 0 fully saturated rings. The van der Waals surface area contributed by atoms with E-state index in [1.807, 2.05) is 0 Å². The van der Waals surface area contributed by atoms with Gasteiger partial charge in [-0.05, 0) is 25.3 Å². The lowest BCUT2D eigenvalue weighted by Crippen LogP contribution is -1.71. The highest BCUT2D eigenvalue weighted by Crippen LogP contribution is 1.99. The van der Waals surface area contributed by atoms with Gasteiger partial charge < -0.3 is 0 Å². The fourth-order valence-electron chi connectivity index (χ4n) is 1.14. The zero-order valence-electron chi connectivity index (χ0n) is 11.7. The molecule has 0 aromatic rings. The Hall–Kier alpha value is -0.700. The Morgan fingerprint density at radius 2 is 1.79 bits per heavy atom. The van der Waals surface area contributed by atoms with Crippen molar-refractivity contribution in [3.05, 3.63) is 12.1 Å². The molecular formula is C14H24. The van der Waals surface area contributed by atoms with Gasteiger partial charge in [0.1, 0.15) is 0 Å². The first-order valence-electron chi connectivity index (χ1n) is 6.87. The summed E-state index contributed by atoms with van der Waals surface area (Å²) in [5, 5.41) is 0. The van der Waals surface area contributed by atoms with Crippen LogP contribution in [0.4, 0.5) is 0 Å². The van der Waals surface area contributed by atoms with Gasteiger partial charge in [0.2, 0.25) is 0 Å². The molecule has 0 saturated carbocycles. The van der Waals surface area contributed by atoms with Gasteiger partial charge in [-0.15, -0.1) is 0 Å². The maximum Gasteiger partial charge on any atom is 0.0717 e. The zero-order valence-corrected chi connectivity index (χ0v) is 9.66. The molecule has 0 radical (unpaired) electrons. The molecule has 0 heteroatoms. The van der Waals surface area contributed by atoms with Crippen molar-refractivity contribution in [3.63, 3.8) is 0 Å². The summed E-state index contributed by atoms with van der Waals surface area (Å²) in [5.41, 5.74) is 0. The Morgan fingerprint density at radius 3 is 2.50 bits per heavy atom. The van der Waals surface area contributed by atoms with Crippen molar-refractivity contribution in [2.24, 2.45) is 0 Å². The van der Waals surface area contributed by atoms with Crippen LogP contribution in [0.15, 0.2) is 12.1 Å². The van der Waals surface area contributed by atoms with Crippen molar-refractivity contribution in [1.82, 2.24) is 0 Å². The topological polar surface area (TPSA) is 0 Å². The summed E-state index contributed by atoms with van der Waals surface area (Å²) in [5.74, 6) is 5.75. The molecule has 0 saturated heterocycles. The van der Waals surface area contributed by atoms with Crippen LogP contribution >= 0.6 is 0 Å². The summed E-state index contributed by atoms with van der Waals surface area (Å²) in [7, 11) is 0. The van der Waals surface area contributed by atoms with Crippen LogP contribution in [0, 0.1) is 11.8 Å². The Balaban J connectivity index is 3.89. The van der Waals surface area contributed by atoms with Crippen molar-refractivity contribution < 1.29 is 2.74 Å². The average molecular weight is 194 g/mol. The minimum Gasteiger partial charge on any atom is -0.0985 e. The minimum atomic E-state index is 0.215. The SMILES string of the molecule is [2H]/C(C#CCCCCC)=C(\[2H])CCCCC. The summed E-state index contributed by atoms with van der Waals surface area (Å²) in [6.45, 7) is 4.31. The van der Waals surface area contributed by atoms with Crippen LogP contribution in [0.25, 0.3) is 0 Å². The number of unbranched alkanes of at least 4 members (excludes halogenated alkanes) is 5. The number of hydrogen-bond acceptors (Lipinski definition) is 0. The molecule has 0 aromatic heterocycles. The second kappa shape index (κ2) is 12.3. The monoisotopic (exact) mass is 194 g/mol. The molecule has 0 heterocycles. The summed E-state index contributed by atoms with van der Waals surface area (Å²) in [6, 6.07) is 0.615. The van der Waals surface area contributed by atoms with Gasteiger partial charge in [-0.2, -0.15) is 0 Å². The van der Waals surface area contributed by atoms with Crippen LogP contribution in [0.5, 0.6) is 0 Å². The lowest BCUT2D eigenvalue weighted by molar-refractivity contribution is 0.729. The van der Waals surface area contributed by atoms with Crippen LogP contribution in [0.2, 0.25) is 0 Å². The van der Waals surface area contributed by atoms with Gasteiger partial charge in [0.25, 0.3) is 0 Å². The molecule has 0 aliphatic carbocycles. The summed E-state index contributed by atoms with van der Waals surface area (Å²) < 4.78 is 15.3. The smallest absolute Gasteiger partial charge is 0.0717 e. The molecule has 0 unspecified atom stereocenters. The number of allylic oxidation sites excluding steroid dienone is 2. The minimum absolute atomic E-state index is 0.215. The van der Waals surface area contributed by atoms with E-state index in [0.717, 1.165) is 32.1 Å². The highest BCUT2D eigenvalue weighted by atomic mass is 13.9. The highest BCUT2D eigenvalue weighted by Gasteiger charge is 1.81. The molecule has 14 heavy (non-hydrogen) atoms. The Kier molecular flexibility index (Phi) is 8.65. The third kappa shape index (κ3) is 11.3. The summed E-state index contributed by atoms with van der Waals surface area (Å²) >= 11 is 0. The van der Waals surface area contributed by atoms with Crippen molar-refractivity contribution >= 4 is 0 Å². The fraction of sp³-hybridized carbons (Fsp3) is 0.714. The Morgan fingerprint density at radius 1 is 1.07 bits per heavy atom. The predicted octanol–water partition coefficient (Wildman–Crippen LogP) is 4.71. The van der Waals surface area contributed by atoms with E-state index in [-0.39, 0.29) is 6.05 Å². The van der Waals surface area contributed by atoms with E-state index in [4.69, 9.17) is 2.74 Å². The second-order valence-electron chi connectivity index (χ2n) is 3.52. The molecule has 0 nitrogen and oxygen atoms in total. The first kappa shape index (κ1) is 9.84. The van der Waals surface area contributed by atoms with E-state index in [1.165, 1.54) is 12.8 Å². The first-order chi connectivity index (χ1) is 7.72. The molecule has 0 atom stereocenters. The largest absolute Gasteiger partial charge is 0.0985 e. The van der Waals surface area contributed by atoms with Crippen LogP contribution in [-0.4, -0.2) is 0 Å². The van der Waals surface area contributed by atoms with E-state index < -0.39 is 0 Å². The molecule has 0 N–H and O–H groups in total. The van der Waals surface area contributed by atoms with Gasteiger partial charge in [0.05, 0.1) is 2.74 Å². The maximum atomic E-state index is 7.66. The standard InChI is InChI=1S/C14H24/c1-3-5-7-9-11-13-14-12-10-8-6-4-2/h11,13H,3-10H2,1-2H3/b13-11-/i11D,13D. The first-order valence-corrected chi connectivity index (χ1v) is 5.87. The molecule has 0 spiro atoms. The number of rotatable bonds is 7. The third-order valence-electron chi connectivity index (χ3n) is 2.05. The maximum absolute atomic E-state index is 7.66. The second-order valence-corrected chi connectivity index (χ2v) is 3.52. The van der Waals surface area contributed by atoms with E-state index in [1.54, 1.807) is 0 Å². The van der Waals surface area contributed by atoms with Crippen LogP contribution in [0.3, 0.4) is 0 Å². The molecule has 0 amide bonds. The molecule has 0 aliphatic heterocycles. The number of hydrogen-bond donors (Lipinski definition) is 0. The molecule has 0 bridgehead atoms. The molecular weight excluding hydrogens is 168 g/mol. The summed E-state index contributed by atoms with van der Waals surface area (Å²) in [6.07, 6.45) is 8.38. The van der Waals surface area contributed by atoms with Crippen LogP contribution in [-0.2, 0) is 0 Å². The van der Waals surface area contributed by atoms with Crippen LogP contribution in [0.1, 0.15) is 68.0 Å². The fourth-order valence-corrected chi connectivity index (χ4v) is 1.14. The van der Waals surface area contributed by atoms with Gasteiger partial charge in [-0.3, -0.25) is 0 Å². The van der Waals surface area contributed by atoms with Crippen LogP contribution < -0.4 is 0 Å². The van der Waals surface area contributed by atoms with Crippen molar-refractivity contribution in [2.75, 3.05) is 0 Å². The lowest BCUT2D eigenvalue weighted by atomic mass is 10.2. The van der Waals surface area contributed by atoms with Crippen molar-refractivity contribution in [3.8, 4) is 11.8 Å². The summed E-state index contributed by atoms with van der Waals surface area (Å²) in [4.78, 5) is 0. The van der Waals surface area contributed by atoms with E-state index in [9.17, 15) is 0 Å². The lowest BCUT2D eigenvalue weighted by Gasteiger charge is -1.89. The quantitative estimate of drug-likeness (QED) is 0.407. The van der Waals surface area contributed by atoms with Gasteiger partial charge in [0.15, 0.2) is 0 Å². The van der Waals surface area contributed by atoms with Crippen molar-refractivity contribution in [1.29, 1.82) is 0 Å². The normalized spacial score (nSPS) is 13.6. The van der Waals surface area contributed by atoms with Gasteiger partial charge in [-0.1, -0.05) is 57.4 Å². The van der Waals surface area contributed by atoms with Crippen molar-refractivity contribution in [2.45, 2.75) is 65.2 Å². The molecule has 80 valence electrons. The van der Waals surface area contributed by atoms with E-state index >= 15 is 0 Å². The van der Waals surface area contributed by atoms with E-state index in [2.05, 4.69) is 25.7 Å². The Bertz CT molecular complexity index is 256.